The summed E-state index contributed by atoms with van der Waals surface area (Å²) in [4.78, 5) is 28.5. The number of carbonyl (C=O) groups is 2. The molecule has 0 aliphatic heterocycles. The Hall–Kier alpha value is -2.14. The number of aliphatic carboxylic acids is 1. The van der Waals surface area contributed by atoms with Gasteiger partial charge < -0.3 is 10.0 Å². The summed E-state index contributed by atoms with van der Waals surface area (Å²) in [6.07, 6.45) is 1.37. The van der Waals surface area contributed by atoms with Crippen LogP contribution in [0.15, 0.2) is 30.5 Å². The van der Waals surface area contributed by atoms with Gasteiger partial charge in [0.25, 0.3) is 5.91 Å². The molecule has 1 aromatic heterocycles. The van der Waals surface area contributed by atoms with Gasteiger partial charge in [0.2, 0.25) is 0 Å². The smallest absolute Gasteiger partial charge is 0.326 e. The Kier molecular flexibility index (Phi) is 3.90. The van der Waals surface area contributed by atoms with Gasteiger partial charge in [-0.3, -0.25) is 4.79 Å². The first-order valence-corrected chi connectivity index (χ1v) is 6.34. The monoisotopic (exact) mass is 292 g/mol. The summed E-state index contributed by atoms with van der Waals surface area (Å²) < 4.78 is 0. The second-order valence-electron chi connectivity index (χ2n) is 4.44. The first-order chi connectivity index (χ1) is 9.43. The van der Waals surface area contributed by atoms with E-state index in [-0.39, 0.29) is 0 Å². The van der Waals surface area contributed by atoms with Gasteiger partial charge >= 0.3 is 5.97 Å². The lowest BCUT2D eigenvalue weighted by molar-refractivity contribution is -0.141. The van der Waals surface area contributed by atoms with Crippen LogP contribution >= 0.6 is 11.6 Å². The Labute approximate surface area is 120 Å². The molecule has 0 bridgehead atoms. The zero-order chi connectivity index (χ0) is 14.9. The summed E-state index contributed by atoms with van der Waals surface area (Å²) in [7, 11) is 1.45. The van der Waals surface area contributed by atoms with E-state index in [0.29, 0.717) is 21.5 Å². The Morgan fingerprint density at radius 2 is 1.90 bits per heavy atom. The van der Waals surface area contributed by atoms with Crippen LogP contribution in [0, 0.1) is 0 Å². The van der Waals surface area contributed by atoms with E-state index >= 15 is 0 Å². The zero-order valence-corrected chi connectivity index (χ0v) is 11.8. The van der Waals surface area contributed by atoms with Crippen LogP contribution in [0.5, 0.6) is 0 Å². The number of amides is 1. The number of hydrogen-bond donors (Lipinski definition) is 1. The molecular formula is C14H13ClN2O3. The first-order valence-electron chi connectivity index (χ1n) is 5.96. The summed E-state index contributed by atoms with van der Waals surface area (Å²) in [5.41, 5.74) is 0.334. The van der Waals surface area contributed by atoms with Crippen molar-refractivity contribution in [3.63, 3.8) is 0 Å². The van der Waals surface area contributed by atoms with Gasteiger partial charge in [0.05, 0.1) is 5.56 Å². The third kappa shape index (κ3) is 2.44. The normalized spacial score (nSPS) is 12.2. The molecule has 1 unspecified atom stereocenters. The fourth-order valence-electron chi connectivity index (χ4n) is 1.86. The van der Waals surface area contributed by atoms with Gasteiger partial charge in [-0.05, 0) is 12.3 Å². The average Bonchev–Trinajstić information content (AvgIpc) is 2.45. The molecule has 0 saturated heterocycles. The zero-order valence-electron chi connectivity index (χ0n) is 11.0. The quantitative estimate of drug-likeness (QED) is 0.882. The van der Waals surface area contributed by atoms with Crippen molar-refractivity contribution in [2.45, 2.75) is 13.0 Å². The predicted octanol–water partition coefficient (Wildman–Crippen LogP) is 2.43. The molecule has 5 nitrogen and oxygen atoms in total. The van der Waals surface area contributed by atoms with Crippen molar-refractivity contribution in [2.24, 2.45) is 0 Å². The Balaban J connectivity index is 2.51. The summed E-state index contributed by atoms with van der Waals surface area (Å²) in [6.45, 7) is 1.45. The fourth-order valence-corrected chi connectivity index (χ4v) is 2.07. The van der Waals surface area contributed by atoms with Gasteiger partial charge in [-0.1, -0.05) is 35.9 Å². The standard InChI is InChI=1S/C14H13ClN2O3/c1-8(14(19)20)17(2)13(18)11-7-16-12(15)10-6-4-3-5-9(10)11/h3-8H,1-2H3,(H,19,20). The van der Waals surface area contributed by atoms with Gasteiger partial charge in [0, 0.05) is 18.6 Å². The molecular weight excluding hydrogens is 280 g/mol. The molecule has 1 heterocycles. The number of benzene rings is 1. The SMILES string of the molecule is CC(C(=O)O)N(C)C(=O)c1cnc(Cl)c2ccccc12. The van der Waals surface area contributed by atoms with Gasteiger partial charge in [-0.2, -0.15) is 0 Å². The van der Waals surface area contributed by atoms with E-state index in [4.69, 9.17) is 16.7 Å². The number of halogens is 1. The third-order valence-corrected chi connectivity index (χ3v) is 3.54. The number of aromatic nitrogens is 1. The van der Waals surface area contributed by atoms with E-state index in [1.165, 1.54) is 25.1 Å². The second kappa shape index (κ2) is 5.46. The highest BCUT2D eigenvalue weighted by atomic mass is 35.5. The summed E-state index contributed by atoms with van der Waals surface area (Å²) in [5, 5.41) is 10.6. The highest BCUT2D eigenvalue weighted by Gasteiger charge is 2.24. The van der Waals surface area contributed by atoms with Gasteiger partial charge in [-0.25, -0.2) is 9.78 Å². The Morgan fingerprint density at radius 1 is 1.30 bits per heavy atom. The lowest BCUT2D eigenvalue weighted by atomic mass is 10.1. The number of pyridine rings is 1. The molecule has 0 aliphatic rings. The van der Waals surface area contributed by atoms with Crippen molar-refractivity contribution in [1.29, 1.82) is 0 Å². The Bertz CT molecular complexity index is 687. The number of hydrogen-bond acceptors (Lipinski definition) is 3. The maximum Gasteiger partial charge on any atom is 0.326 e. The van der Waals surface area contributed by atoms with Crippen LogP contribution in [0.2, 0.25) is 5.15 Å². The van der Waals surface area contributed by atoms with E-state index < -0.39 is 17.9 Å². The molecule has 20 heavy (non-hydrogen) atoms. The van der Waals surface area contributed by atoms with Crippen molar-refractivity contribution < 1.29 is 14.7 Å². The molecule has 0 aliphatic carbocycles. The molecule has 0 fully saturated rings. The van der Waals surface area contributed by atoms with Crippen molar-refractivity contribution in [3.8, 4) is 0 Å². The molecule has 0 saturated carbocycles. The summed E-state index contributed by atoms with van der Waals surface area (Å²) >= 11 is 6.00. The van der Waals surface area contributed by atoms with Gasteiger partial charge in [-0.15, -0.1) is 0 Å². The minimum Gasteiger partial charge on any atom is -0.480 e. The summed E-state index contributed by atoms with van der Waals surface area (Å²) in [6, 6.07) is 6.19. The van der Waals surface area contributed by atoms with Gasteiger partial charge in [0.1, 0.15) is 11.2 Å². The maximum atomic E-state index is 12.4. The molecule has 2 rings (SSSR count). The molecule has 1 N–H and O–H groups in total. The van der Waals surface area contributed by atoms with E-state index in [0.717, 1.165) is 0 Å². The van der Waals surface area contributed by atoms with E-state index in [1.807, 2.05) is 0 Å². The maximum absolute atomic E-state index is 12.4. The molecule has 1 atom stereocenters. The van der Waals surface area contributed by atoms with Crippen molar-refractivity contribution in [3.05, 3.63) is 41.2 Å². The predicted molar refractivity (Wildman–Crippen MR) is 75.9 cm³/mol. The van der Waals surface area contributed by atoms with E-state index in [1.54, 1.807) is 24.3 Å². The van der Waals surface area contributed by atoms with Crippen LogP contribution in [0.25, 0.3) is 10.8 Å². The van der Waals surface area contributed by atoms with Crippen molar-refractivity contribution in [2.75, 3.05) is 7.05 Å². The fraction of sp³-hybridized carbons (Fsp3) is 0.214. The number of carboxylic acids is 1. The number of fused-ring (bicyclic) bond motifs is 1. The van der Waals surface area contributed by atoms with Crippen LogP contribution in [0.4, 0.5) is 0 Å². The van der Waals surface area contributed by atoms with Crippen LogP contribution in [0.1, 0.15) is 17.3 Å². The van der Waals surface area contributed by atoms with E-state index in [2.05, 4.69) is 4.98 Å². The third-order valence-electron chi connectivity index (χ3n) is 3.24. The molecule has 6 heteroatoms. The van der Waals surface area contributed by atoms with Crippen LogP contribution in [-0.4, -0.2) is 40.0 Å². The molecule has 0 radical (unpaired) electrons. The Morgan fingerprint density at radius 3 is 2.50 bits per heavy atom. The molecule has 1 aromatic carbocycles. The van der Waals surface area contributed by atoms with Crippen molar-refractivity contribution >= 4 is 34.2 Å². The number of likely N-dealkylation sites (N-methyl/N-ethyl adjacent to an activating group) is 1. The highest BCUT2D eigenvalue weighted by Crippen LogP contribution is 2.25. The number of carbonyl (C=O) groups excluding carboxylic acids is 1. The lowest BCUT2D eigenvalue weighted by Gasteiger charge is -2.22. The molecule has 104 valence electrons. The van der Waals surface area contributed by atoms with Crippen LogP contribution in [-0.2, 0) is 4.79 Å². The second-order valence-corrected chi connectivity index (χ2v) is 4.80. The molecule has 0 spiro atoms. The molecule has 1 amide bonds. The van der Waals surface area contributed by atoms with Crippen LogP contribution < -0.4 is 0 Å². The number of rotatable bonds is 3. The minimum absolute atomic E-state index is 0.311. The van der Waals surface area contributed by atoms with Gasteiger partial charge in [0.15, 0.2) is 0 Å². The minimum atomic E-state index is -1.06. The first kappa shape index (κ1) is 14.3. The topological polar surface area (TPSA) is 70.5 Å². The van der Waals surface area contributed by atoms with Crippen LogP contribution in [0.3, 0.4) is 0 Å². The number of carboxylic acid groups (broad SMARTS) is 1. The summed E-state index contributed by atoms with van der Waals surface area (Å²) in [5.74, 6) is -1.47. The lowest BCUT2D eigenvalue weighted by Crippen LogP contribution is -2.40. The van der Waals surface area contributed by atoms with Crippen molar-refractivity contribution in [1.82, 2.24) is 9.88 Å². The average molecular weight is 293 g/mol. The molecule has 2 aromatic rings. The highest BCUT2D eigenvalue weighted by molar-refractivity contribution is 6.34. The number of nitrogens with zero attached hydrogens (tertiary/aromatic N) is 2. The van der Waals surface area contributed by atoms with E-state index in [9.17, 15) is 9.59 Å². The largest absolute Gasteiger partial charge is 0.480 e.